The van der Waals surface area contributed by atoms with Crippen LogP contribution in [0, 0.1) is 0 Å². The van der Waals surface area contributed by atoms with E-state index in [0.29, 0.717) is 11.7 Å². The molecule has 19 heavy (non-hydrogen) atoms. The molecule has 0 aromatic heterocycles. The Hall–Kier alpha value is -1.75. The van der Waals surface area contributed by atoms with Crippen LogP contribution >= 0.6 is 0 Å². The molecule has 0 spiro atoms. The van der Waals surface area contributed by atoms with Gasteiger partial charge in [-0.2, -0.15) is 0 Å². The number of carbonyl (C=O) groups is 1. The molecule has 1 aromatic rings. The summed E-state index contributed by atoms with van der Waals surface area (Å²) in [5.74, 6) is 0. The molecule has 0 bridgehead atoms. The third-order valence-electron chi connectivity index (χ3n) is 3.64. The van der Waals surface area contributed by atoms with Crippen molar-refractivity contribution >= 4 is 17.4 Å². The molecule has 104 valence electrons. The van der Waals surface area contributed by atoms with Gasteiger partial charge in [0.1, 0.15) is 0 Å². The lowest BCUT2D eigenvalue weighted by atomic mass is 10.2. The number of carbonyl (C=O) groups excluding carboxylic acids is 1. The van der Waals surface area contributed by atoms with Crippen LogP contribution < -0.4 is 11.1 Å². The zero-order valence-electron chi connectivity index (χ0n) is 11.6. The van der Waals surface area contributed by atoms with Crippen LogP contribution in [0.3, 0.4) is 0 Å². The number of rotatable bonds is 3. The van der Waals surface area contributed by atoms with Crippen molar-refractivity contribution in [3.8, 4) is 0 Å². The molecule has 1 atom stereocenters. The number of nitrogens with two attached hydrogens (primary N) is 1. The lowest BCUT2D eigenvalue weighted by Gasteiger charge is -2.26. The number of hydrogen-bond acceptors (Lipinski definition) is 3. The average Bonchev–Trinajstić information content (AvgIpc) is 2.75. The Morgan fingerprint density at radius 2 is 2.37 bits per heavy atom. The topological polar surface area (TPSA) is 61.6 Å². The van der Waals surface area contributed by atoms with Crippen molar-refractivity contribution in [1.29, 1.82) is 0 Å². The number of anilines is 2. The van der Waals surface area contributed by atoms with Gasteiger partial charge in [0, 0.05) is 31.0 Å². The fourth-order valence-electron chi connectivity index (χ4n) is 2.44. The van der Waals surface area contributed by atoms with E-state index in [-0.39, 0.29) is 6.03 Å². The Bertz CT molecular complexity index is 449. The van der Waals surface area contributed by atoms with E-state index in [9.17, 15) is 4.79 Å². The Morgan fingerprint density at radius 1 is 1.58 bits per heavy atom. The minimum atomic E-state index is -0.0918. The molecule has 1 fully saturated rings. The van der Waals surface area contributed by atoms with E-state index >= 15 is 0 Å². The van der Waals surface area contributed by atoms with E-state index in [2.05, 4.69) is 17.3 Å². The van der Waals surface area contributed by atoms with Gasteiger partial charge in [-0.15, -0.1) is 0 Å². The van der Waals surface area contributed by atoms with Gasteiger partial charge in [0.2, 0.25) is 0 Å². The first-order valence-electron chi connectivity index (χ1n) is 6.64. The number of urea groups is 1. The van der Waals surface area contributed by atoms with Crippen LogP contribution in [0.5, 0.6) is 0 Å². The molecule has 1 unspecified atom stereocenters. The van der Waals surface area contributed by atoms with Gasteiger partial charge >= 0.3 is 6.03 Å². The van der Waals surface area contributed by atoms with Crippen LogP contribution in [0.4, 0.5) is 16.2 Å². The number of likely N-dealkylation sites (tertiary alicyclic amines) is 1. The van der Waals surface area contributed by atoms with Gasteiger partial charge in [0.15, 0.2) is 0 Å². The third kappa shape index (κ3) is 3.61. The molecular formula is C14H22N4O. The Morgan fingerprint density at radius 3 is 3.00 bits per heavy atom. The van der Waals surface area contributed by atoms with E-state index in [1.165, 1.54) is 6.42 Å². The standard InChI is InChI=1S/C14H22N4O/c1-17-8-4-7-13(17)10-18(2)14(19)16-12-6-3-5-11(15)9-12/h3,5-6,9,13H,4,7-8,10,15H2,1-2H3,(H,16,19). The summed E-state index contributed by atoms with van der Waals surface area (Å²) in [7, 11) is 3.94. The number of nitrogens with one attached hydrogen (secondary N) is 1. The Labute approximate surface area is 114 Å². The first kappa shape index (κ1) is 13.7. The van der Waals surface area contributed by atoms with Crippen molar-refractivity contribution in [2.24, 2.45) is 0 Å². The van der Waals surface area contributed by atoms with Crippen LogP contribution in [-0.2, 0) is 0 Å². The highest BCUT2D eigenvalue weighted by Gasteiger charge is 2.23. The number of likely N-dealkylation sites (N-methyl/N-ethyl adjacent to an activating group) is 2. The van der Waals surface area contributed by atoms with Gasteiger partial charge in [0.25, 0.3) is 0 Å². The molecular weight excluding hydrogens is 240 g/mol. The van der Waals surface area contributed by atoms with Crippen molar-refractivity contribution in [2.45, 2.75) is 18.9 Å². The lowest BCUT2D eigenvalue weighted by molar-refractivity contribution is 0.201. The third-order valence-corrected chi connectivity index (χ3v) is 3.64. The van der Waals surface area contributed by atoms with Crippen LogP contribution in [0.1, 0.15) is 12.8 Å². The van der Waals surface area contributed by atoms with Gasteiger partial charge in [-0.1, -0.05) is 6.07 Å². The number of nitrogens with zero attached hydrogens (tertiary/aromatic N) is 2. The molecule has 3 N–H and O–H groups in total. The second kappa shape index (κ2) is 5.93. The highest BCUT2D eigenvalue weighted by Crippen LogP contribution is 2.16. The zero-order chi connectivity index (χ0) is 13.8. The summed E-state index contributed by atoms with van der Waals surface area (Å²) in [4.78, 5) is 16.1. The van der Waals surface area contributed by atoms with Gasteiger partial charge in [-0.05, 0) is 44.6 Å². The summed E-state index contributed by atoms with van der Waals surface area (Å²) < 4.78 is 0. The summed E-state index contributed by atoms with van der Waals surface area (Å²) in [5.41, 5.74) is 7.07. The van der Waals surface area contributed by atoms with E-state index in [0.717, 1.165) is 25.2 Å². The van der Waals surface area contributed by atoms with Crippen molar-refractivity contribution in [1.82, 2.24) is 9.80 Å². The predicted molar refractivity (Wildman–Crippen MR) is 78.2 cm³/mol. The molecule has 2 rings (SSSR count). The maximum atomic E-state index is 12.1. The molecule has 5 nitrogen and oxygen atoms in total. The monoisotopic (exact) mass is 262 g/mol. The molecule has 1 aliphatic rings. The summed E-state index contributed by atoms with van der Waals surface area (Å²) in [5, 5.41) is 2.86. The van der Waals surface area contributed by atoms with E-state index in [1.807, 2.05) is 19.2 Å². The van der Waals surface area contributed by atoms with Gasteiger partial charge in [-0.25, -0.2) is 4.79 Å². The zero-order valence-corrected chi connectivity index (χ0v) is 11.6. The predicted octanol–water partition coefficient (Wildman–Crippen LogP) is 1.83. The molecule has 1 saturated heterocycles. The number of benzene rings is 1. The molecule has 0 saturated carbocycles. The minimum absolute atomic E-state index is 0.0918. The van der Waals surface area contributed by atoms with Crippen LogP contribution in [0.25, 0.3) is 0 Å². The van der Waals surface area contributed by atoms with Crippen molar-refractivity contribution < 1.29 is 4.79 Å². The van der Waals surface area contributed by atoms with Gasteiger partial charge in [0.05, 0.1) is 0 Å². The Kier molecular flexibility index (Phi) is 4.27. The molecule has 2 amide bonds. The van der Waals surface area contributed by atoms with Crippen LogP contribution in [0.15, 0.2) is 24.3 Å². The number of hydrogen-bond donors (Lipinski definition) is 2. The second-order valence-corrected chi connectivity index (χ2v) is 5.21. The minimum Gasteiger partial charge on any atom is -0.399 e. The smallest absolute Gasteiger partial charge is 0.321 e. The molecule has 1 heterocycles. The van der Waals surface area contributed by atoms with Crippen molar-refractivity contribution in [2.75, 3.05) is 38.2 Å². The van der Waals surface area contributed by atoms with E-state index in [4.69, 9.17) is 5.73 Å². The average molecular weight is 262 g/mol. The van der Waals surface area contributed by atoms with Crippen molar-refractivity contribution in [3.05, 3.63) is 24.3 Å². The fraction of sp³-hybridized carbons (Fsp3) is 0.500. The normalized spacial score (nSPS) is 19.4. The number of amides is 2. The molecule has 0 radical (unpaired) electrons. The van der Waals surface area contributed by atoms with Crippen molar-refractivity contribution in [3.63, 3.8) is 0 Å². The summed E-state index contributed by atoms with van der Waals surface area (Å²) in [6.45, 7) is 1.87. The molecule has 1 aliphatic heterocycles. The first-order valence-corrected chi connectivity index (χ1v) is 6.64. The molecule has 5 heteroatoms. The maximum absolute atomic E-state index is 12.1. The summed E-state index contributed by atoms with van der Waals surface area (Å²) in [6, 6.07) is 7.60. The van der Waals surface area contributed by atoms with E-state index in [1.54, 1.807) is 17.0 Å². The van der Waals surface area contributed by atoms with Gasteiger partial charge < -0.3 is 20.9 Å². The highest BCUT2D eigenvalue weighted by atomic mass is 16.2. The lowest BCUT2D eigenvalue weighted by Crippen LogP contribution is -2.41. The van der Waals surface area contributed by atoms with Crippen LogP contribution in [0.2, 0.25) is 0 Å². The maximum Gasteiger partial charge on any atom is 0.321 e. The SMILES string of the molecule is CN(CC1CCCN1C)C(=O)Nc1cccc(N)c1. The summed E-state index contributed by atoms with van der Waals surface area (Å²) >= 11 is 0. The Balaban J connectivity index is 1.88. The first-order chi connectivity index (χ1) is 9.06. The number of nitrogen functional groups attached to an aromatic ring is 1. The molecule has 0 aliphatic carbocycles. The van der Waals surface area contributed by atoms with E-state index < -0.39 is 0 Å². The molecule has 1 aromatic carbocycles. The summed E-state index contributed by atoms with van der Waals surface area (Å²) in [6.07, 6.45) is 2.37. The largest absolute Gasteiger partial charge is 0.399 e. The second-order valence-electron chi connectivity index (χ2n) is 5.21. The van der Waals surface area contributed by atoms with Crippen LogP contribution in [-0.4, -0.2) is 49.1 Å². The fourth-order valence-corrected chi connectivity index (χ4v) is 2.44. The van der Waals surface area contributed by atoms with Gasteiger partial charge in [-0.3, -0.25) is 0 Å². The highest BCUT2D eigenvalue weighted by molar-refractivity contribution is 5.89. The quantitative estimate of drug-likeness (QED) is 0.817.